The molecule has 1 aliphatic carbocycles. The molecule has 0 saturated heterocycles. The first-order chi connectivity index (χ1) is 8.31. The first kappa shape index (κ1) is 10.5. The van der Waals surface area contributed by atoms with Crippen LogP contribution in [-0.4, -0.2) is 11.2 Å². The zero-order chi connectivity index (χ0) is 11.7. The van der Waals surface area contributed by atoms with Crippen LogP contribution in [0.25, 0.3) is 11.3 Å². The van der Waals surface area contributed by atoms with E-state index in [9.17, 15) is 0 Å². The quantitative estimate of drug-likeness (QED) is 0.874. The summed E-state index contributed by atoms with van der Waals surface area (Å²) in [6, 6.07) is 11.0. The van der Waals surface area contributed by atoms with Gasteiger partial charge in [0.1, 0.15) is 0 Å². The predicted octanol–water partition coefficient (Wildman–Crippen LogP) is 2.90. The third-order valence-electron chi connectivity index (χ3n) is 3.01. The van der Waals surface area contributed by atoms with E-state index in [0.29, 0.717) is 6.04 Å². The standard InChI is InChI=1S/C14H16N2O/c1-10-3-2-4-11(7-10)14-8-13(16-17-14)9-15-12-5-6-12/h2-4,7-8,12,15H,5-6,9H2,1H3. The Hall–Kier alpha value is -1.61. The first-order valence-electron chi connectivity index (χ1n) is 6.07. The van der Waals surface area contributed by atoms with E-state index >= 15 is 0 Å². The van der Waals surface area contributed by atoms with Gasteiger partial charge in [-0.05, 0) is 25.8 Å². The van der Waals surface area contributed by atoms with Crippen LogP contribution in [0.5, 0.6) is 0 Å². The van der Waals surface area contributed by atoms with Gasteiger partial charge in [-0.15, -0.1) is 0 Å². The number of hydrogen-bond donors (Lipinski definition) is 1. The second-order valence-corrected chi connectivity index (χ2v) is 4.71. The number of hydrogen-bond acceptors (Lipinski definition) is 3. The molecule has 2 aromatic rings. The summed E-state index contributed by atoms with van der Waals surface area (Å²) in [5.74, 6) is 0.848. The van der Waals surface area contributed by atoms with Crippen molar-refractivity contribution in [1.29, 1.82) is 0 Å². The Morgan fingerprint density at radius 3 is 3.00 bits per heavy atom. The zero-order valence-corrected chi connectivity index (χ0v) is 9.94. The summed E-state index contributed by atoms with van der Waals surface area (Å²) < 4.78 is 5.37. The molecule has 3 nitrogen and oxygen atoms in total. The van der Waals surface area contributed by atoms with E-state index in [1.165, 1.54) is 18.4 Å². The average Bonchev–Trinajstić information content (AvgIpc) is 3.04. The maximum atomic E-state index is 5.37. The second kappa shape index (κ2) is 4.34. The van der Waals surface area contributed by atoms with Crippen LogP contribution in [0.3, 0.4) is 0 Å². The van der Waals surface area contributed by atoms with Crippen molar-refractivity contribution in [3.63, 3.8) is 0 Å². The minimum absolute atomic E-state index is 0.703. The van der Waals surface area contributed by atoms with E-state index < -0.39 is 0 Å². The predicted molar refractivity (Wildman–Crippen MR) is 66.5 cm³/mol. The molecule has 0 spiro atoms. The van der Waals surface area contributed by atoms with Crippen LogP contribution in [-0.2, 0) is 6.54 Å². The van der Waals surface area contributed by atoms with Crippen LogP contribution in [0.4, 0.5) is 0 Å². The summed E-state index contributed by atoms with van der Waals surface area (Å²) in [7, 11) is 0. The highest BCUT2D eigenvalue weighted by Gasteiger charge is 2.20. The molecular formula is C14H16N2O. The molecule has 0 atom stereocenters. The largest absolute Gasteiger partial charge is 0.356 e. The van der Waals surface area contributed by atoms with Crippen LogP contribution in [0.15, 0.2) is 34.9 Å². The summed E-state index contributed by atoms with van der Waals surface area (Å²) in [5.41, 5.74) is 3.31. The smallest absolute Gasteiger partial charge is 0.167 e. The van der Waals surface area contributed by atoms with Crippen molar-refractivity contribution in [1.82, 2.24) is 10.5 Å². The van der Waals surface area contributed by atoms with Crippen LogP contribution in [0, 0.1) is 6.92 Å². The lowest BCUT2D eigenvalue weighted by Gasteiger charge is -1.96. The minimum atomic E-state index is 0.703. The summed E-state index contributed by atoms with van der Waals surface area (Å²) in [5, 5.41) is 7.51. The summed E-state index contributed by atoms with van der Waals surface area (Å²) in [6.45, 7) is 2.88. The van der Waals surface area contributed by atoms with Crippen molar-refractivity contribution in [3.05, 3.63) is 41.6 Å². The molecule has 1 aromatic carbocycles. The maximum Gasteiger partial charge on any atom is 0.167 e. The molecular weight excluding hydrogens is 212 g/mol. The Balaban J connectivity index is 1.74. The Morgan fingerprint density at radius 2 is 2.24 bits per heavy atom. The van der Waals surface area contributed by atoms with Crippen molar-refractivity contribution in [2.45, 2.75) is 32.4 Å². The SMILES string of the molecule is Cc1cccc(-c2cc(CNC3CC3)no2)c1. The highest BCUT2D eigenvalue weighted by Crippen LogP contribution is 2.22. The van der Waals surface area contributed by atoms with E-state index in [-0.39, 0.29) is 0 Å². The van der Waals surface area contributed by atoms with Crippen molar-refractivity contribution in [2.24, 2.45) is 0 Å². The molecule has 3 rings (SSSR count). The molecule has 1 aliphatic rings. The summed E-state index contributed by atoms with van der Waals surface area (Å²) in [4.78, 5) is 0. The molecule has 1 aromatic heterocycles. The lowest BCUT2D eigenvalue weighted by atomic mass is 10.1. The van der Waals surface area contributed by atoms with Crippen molar-refractivity contribution >= 4 is 0 Å². The van der Waals surface area contributed by atoms with Crippen LogP contribution in [0.2, 0.25) is 0 Å². The van der Waals surface area contributed by atoms with Gasteiger partial charge >= 0.3 is 0 Å². The van der Waals surface area contributed by atoms with Gasteiger partial charge in [-0.2, -0.15) is 0 Å². The third-order valence-corrected chi connectivity index (χ3v) is 3.01. The van der Waals surface area contributed by atoms with Crippen molar-refractivity contribution < 1.29 is 4.52 Å². The molecule has 1 N–H and O–H groups in total. The highest BCUT2D eigenvalue weighted by atomic mass is 16.5. The van der Waals surface area contributed by atoms with E-state index in [1.807, 2.05) is 18.2 Å². The molecule has 3 heteroatoms. The summed E-state index contributed by atoms with van der Waals surface area (Å²) in [6.07, 6.45) is 2.59. The van der Waals surface area contributed by atoms with Crippen LogP contribution >= 0.6 is 0 Å². The minimum Gasteiger partial charge on any atom is -0.356 e. The number of aryl methyl sites for hydroxylation is 1. The molecule has 88 valence electrons. The monoisotopic (exact) mass is 228 g/mol. The Kier molecular flexibility index (Phi) is 2.69. The van der Waals surface area contributed by atoms with E-state index in [0.717, 1.165) is 23.6 Å². The molecule has 0 aliphatic heterocycles. The van der Waals surface area contributed by atoms with E-state index in [4.69, 9.17) is 4.52 Å². The number of benzene rings is 1. The fourth-order valence-electron chi connectivity index (χ4n) is 1.87. The number of nitrogens with zero attached hydrogens (tertiary/aromatic N) is 1. The molecule has 17 heavy (non-hydrogen) atoms. The highest BCUT2D eigenvalue weighted by molar-refractivity contribution is 5.58. The van der Waals surface area contributed by atoms with Crippen molar-refractivity contribution in [3.8, 4) is 11.3 Å². The van der Waals surface area contributed by atoms with E-state index in [1.54, 1.807) is 0 Å². The van der Waals surface area contributed by atoms with Gasteiger partial charge < -0.3 is 9.84 Å². The molecule has 0 radical (unpaired) electrons. The second-order valence-electron chi connectivity index (χ2n) is 4.71. The van der Waals surface area contributed by atoms with Gasteiger partial charge in [0, 0.05) is 24.2 Å². The molecule has 1 saturated carbocycles. The fourth-order valence-corrected chi connectivity index (χ4v) is 1.87. The Morgan fingerprint density at radius 1 is 1.35 bits per heavy atom. The fraction of sp³-hybridized carbons (Fsp3) is 0.357. The molecule has 0 unspecified atom stereocenters. The third kappa shape index (κ3) is 2.56. The lowest BCUT2D eigenvalue weighted by Crippen LogP contribution is -2.15. The average molecular weight is 228 g/mol. The van der Waals surface area contributed by atoms with Gasteiger partial charge in [0.05, 0.1) is 5.69 Å². The topological polar surface area (TPSA) is 38.1 Å². The van der Waals surface area contributed by atoms with E-state index in [2.05, 4.69) is 29.5 Å². The lowest BCUT2D eigenvalue weighted by molar-refractivity contribution is 0.420. The van der Waals surface area contributed by atoms with Gasteiger partial charge in [0.25, 0.3) is 0 Å². The van der Waals surface area contributed by atoms with Gasteiger partial charge in [-0.25, -0.2) is 0 Å². The number of nitrogens with one attached hydrogen (secondary N) is 1. The summed E-state index contributed by atoms with van der Waals surface area (Å²) >= 11 is 0. The normalized spacial score (nSPS) is 15.1. The molecule has 0 bridgehead atoms. The maximum absolute atomic E-state index is 5.37. The van der Waals surface area contributed by atoms with Gasteiger partial charge in [0.2, 0.25) is 0 Å². The number of aromatic nitrogens is 1. The van der Waals surface area contributed by atoms with Crippen LogP contribution in [0.1, 0.15) is 24.1 Å². The number of rotatable bonds is 4. The molecule has 1 fully saturated rings. The molecule has 0 amide bonds. The Labute approximate surface area is 101 Å². The van der Waals surface area contributed by atoms with Crippen molar-refractivity contribution in [2.75, 3.05) is 0 Å². The first-order valence-corrected chi connectivity index (χ1v) is 6.07. The van der Waals surface area contributed by atoms with Gasteiger partial charge in [0.15, 0.2) is 5.76 Å². The van der Waals surface area contributed by atoms with Crippen LogP contribution < -0.4 is 5.32 Å². The zero-order valence-electron chi connectivity index (χ0n) is 9.94. The Bertz CT molecular complexity index is 514. The van der Waals surface area contributed by atoms with Gasteiger partial charge in [-0.3, -0.25) is 0 Å². The molecule has 1 heterocycles. The van der Waals surface area contributed by atoms with Gasteiger partial charge in [-0.1, -0.05) is 28.9 Å².